The molecule has 0 amide bonds. The van der Waals surface area contributed by atoms with Crippen molar-refractivity contribution in [2.24, 2.45) is 0 Å². The molecular formula is C14H14N2O2. The normalized spacial score (nSPS) is 13.8. The van der Waals surface area contributed by atoms with Gasteiger partial charge in [-0.3, -0.25) is 0 Å². The molecule has 0 saturated heterocycles. The number of benzene rings is 1. The number of hydrogen-bond acceptors (Lipinski definition) is 4. The Labute approximate surface area is 106 Å². The lowest BCUT2D eigenvalue weighted by Crippen LogP contribution is -2.18. The second-order valence-corrected chi connectivity index (χ2v) is 3.81. The molecular weight excluding hydrogens is 228 g/mol. The monoisotopic (exact) mass is 242 g/mol. The molecule has 0 unspecified atom stereocenters. The van der Waals surface area contributed by atoms with E-state index in [-0.39, 0.29) is 0 Å². The third-order valence-corrected chi connectivity index (χ3v) is 2.76. The maximum absolute atomic E-state index is 8.77. The van der Waals surface area contributed by atoms with Crippen molar-refractivity contribution in [1.82, 2.24) is 5.32 Å². The number of nitriles is 1. The van der Waals surface area contributed by atoms with Gasteiger partial charge in [0.25, 0.3) is 0 Å². The standard InChI is InChI=1S/C14H14N2O2/c1-17-13-6-4-11(7-14(13)18-2)12-5-3-10(8-15)9-16-12/h3-7,16H,9H2,1-2H3. The number of allylic oxidation sites excluding steroid dienone is 2. The van der Waals surface area contributed by atoms with E-state index >= 15 is 0 Å². The smallest absolute Gasteiger partial charge is 0.161 e. The number of methoxy groups -OCH3 is 2. The number of rotatable bonds is 3. The van der Waals surface area contributed by atoms with Crippen molar-refractivity contribution in [2.45, 2.75) is 0 Å². The summed E-state index contributed by atoms with van der Waals surface area (Å²) in [6, 6.07) is 7.84. The predicted octanol–water partition coefficient (Wildman–Crippen LogP) is 2.10. The van der Waals surface area contributed by atoms with Gasteiger partial charge in [-0.2, -0.15) is 5.26 Å². The zero-order valence-corrected chi connectivity index (χ0v) is 10.4. The number of nitrogens with zero attached hydrogens (tertiary/aromatic N) is 1. The second-order valence-electron chi connectivity index (χ2n) is 3.81. The Bertz CT molecular complexity index is 553. The fourth-order valence-electron chi connectivity index (χ4n) is 1.77. The minimum atomic E-state index is 0.552. The minimum Gasteiger partial charge on any atom is -0.493 e. The highest BCUT2D eigenvalue weighted by atomic mass is 16.5. The zero-order valence-electron chi connectivity index (χ0n) is 10.4. The van der Waals surface area contributed by atoms with E-state index in [1.165, 1.54) is 0 Å². The van der Waals surface area contributed by atoms with Crippen LogP contribution in [0.2, 0.25) is 0 Å². The van der Waals surface area contributed by atoms with Gasteiger partial charge in [-0.25, -0.2) is 0 Å². The fourth-order valence-corrected chi connectivity index (χ4v) is 1.77. The second kappa shape index (κ2) is 5.28. The molecule has 4 heteroatoms. The first kappa shape index (κ1) is 12.1. The van der Waals surface area contributed by atoms with Gasteiger partial charge in [0.15, 0.2) is 11.5 Å². The van der Waals surface area contributed by atoms with Crippen LogP contribution in [0.5, 0.6) is 11.5 Å². The molecule has 2 rings (SSSR count). The van der Waals surface area contributed by atoms with Crippen molar-refractivity contribution < 1.29 is 9.47 Å². The first-order valence-corrected chi connectivity index (χ1v) is 5.55. The van der Waals surface area contributed by atoms with E-state index in [0.29, 0.717) is 18.0 Å². The summed E-state index contributed by atoms with van der Waals surface area (Å²) >= 11 is 0. The molecule has 1 aliphatic heterocycles. The topological polar surface area (TPSA) is 54.3 Å². The first-order valence-electron chi connectivity index (χ1n) is 5.55. The van der Waals surface area contributed by atoms with Crippen LogP contribution >= 0.6 is 0 Å². The summed E-state index contributed by atoms with van der Waals surface area (Å²) in [5.41, 5.74) is 2.69. The lowest BCUT2D eigenvalue weighted by molar-refractivity contribution is 0.355. The number of ether oxygens (including phenoxy) is 2. The van der Waals surface area contributed by atoms with Crippen LogP contribution in [-0.4, -0.2) is 20.8 Å². The maximum atomic E-state index is 8.77. The maximum Gasteiger partial charge on any atom is 0.161 e. The molecule has 0 aliphatic carbocycles. The average Bonchev–Trinajstić information content (AvgIpc) is 2.46. The van der Waals surface area contributed by atoms with Crippen molar-refractivity contribution in [2.75, 3.05) is 20.8 Å². The zero-order chi connectivity index (χ0) is 13.0. The van der Waals surface area contributed by atoms with E-state index in [0.717, 1.165) is 16.8 Å². The molecule has 0 aromatic heterocycles. The van der Waals surface area contributed by atoms with Crippen LogP contribution in [0.4, 0.5) is 0 Å². The molecule has 1 heterocycles. The van der Waals surface area contributed by atoms with Gasteiger partial charge in [0.05, 0.1) is 26.8 Å². The van der Waals surface area contributed by atoms with Gasteiger partial charge in [0, 0.05) is 16.8 Å². The molecule has 4 nitrogen and oxygen atoms in total. The van der Waals surface area contributed by atoms with Crippen LogP contribution in [-0.2, 0) is 0 Å². The highest BCUT2D eigenvalue weighted by Gasteiger charge is 2.10. The summed E-state index contributed by atoms with van der Waals surface area (Å²) < 4.78 is 10.5. The summed E-state index contributed by atoms with van der Waals surface area (Å²) in [5, 5.41) is 12.0. The Balaban J connectivity index is 2.33. The highest BCUT2D eigenvalue weighted by Crippen LogP contribution is 2.30. The average molecular weight is 242 g/mol. The molecule has 0 spiro atoms. The van der Waals surface area contributed by atoms with Gasteiger partial charge in [-0.1, -0.05) is 0 Å². The summed E-state index contributed by atoms with van der Waals surface area (Å²) in [7, 11) is 3.22. The SMILES string of the molecule is COc1ccc(C2=CC=C(C#N)CN2)cc1OC. The van der Waals surface area contributed by atoms with Crippen LogP contribution < -0.4 is 14.8 Å². The van der Waals surface area contributed by atoms with E-state index in [9.17, 15) is 0 Å². The highest BCUT2D eigenvalue weighted by molar-refractivity contribution is 5.70. The molecule has 1 aromatic rings. The largest absolute Gasteiger partial charge is 0.493 e. The van der Waals surface area contributed by atoms with Crippen molar-refractivity contribution in [3.63, 3.8) is 0 Å². The van der Waals surface area contributed by atoms with Gasteiger partial charge in [0.2, 0.25) is 0 Å². The molecule has 1 aliphatic rings. The van der Waals surface area contributed by atoms with Crippen LogP contribution in [0.1, 0.15) is 5.56 Å². The molecule has 92 valence electrons. The molecule has 0 bridgehead atoms. The molecule has 0 fully saturated rings. The van der Waals surface area contributed by atoms with Gasteiger partial charge < -0.3 is 14.8 Å². The Kier molecular flexibility index (Phi) is 3.54. The lowest BCUT2D eigenvalue weighted by atomic mass is 10.1. The van der Waals surface area contributed by atoms with Crippen LogP contribution in [0, 0.1) is 11.3 Å². The van der Waals surface area contributed by atoms with E-state index in [1.807, 2.05) is 30.4 Å². The van der Waals surface area contributed by atoms with Crippen molar-refractivity contribution in [1.29, 1.82) is 5.26 Å². The third-order valence-electron chi connectivity index (χ3n) is 2.76. The minimum absolute atomic E-state index is 0.552. The van der Waals surface area contributed by atoms with Crippen molar-refractivity contribution in [3.8, 4) is 17.6 Å². The van der Waals surface area contributed by atoms with Gasteiger partial charge in [-0.15, -0.1) is 0 Å². The Morgan fingerprint density at radius 3 is 2.50 bits per heavy atom. The number of hydrogen-bond donors (Lipinski definition) is 1. The summed E-state index contributed by atoms with van der Waals surface area (Å²) in [6.45, 7) is 0.552. The Morgan fingerprint density at radius 2 is 1.94 bits per heavy atom. The van der Waals surface area contributed by atoms with Gasteiger partial charge in [-0.05, 0) is 30.4 Å². The van der Waals surface area contributed by atoms with Crippen LogP contribution in [0.15, 0.2) is 35.9 Å². The molecule has 1 N–H and O–H groups in total. The quantitative estimate of drug-likeness (QED) is 0.881. The Hall–Kier alpha value is -2.41. The predicted molar refractivity (Wildman–Crippen MR) is 69.2 cm³/mol. The van der Waals surface area contributed by atoms with E-state index in [4.69, 9.17) is 14.7 Å². The molecule has 0 saturated carbocycles. The number of nitrogens with one attached hydrogen (secondary N) is 1. The fraction of sp³-hybridized carbons (Fsp3) is 0.214. The van der Waals surface area contributed by atoms with Crippen molar-refractivity contribution in [3.05, 3.63) is 41.5 Å². The number of dihydropyridines is 1. The van der Waals surface area contributed by atoms with Crippen molar-refractivity contribution >= 4 is 5.70 Å². The Morgan fingerprint density at radius 1 is 1.17 bits per heavy atom. The summed E-state index contributed by atoms with van der Waals surface area (Å²) in [4.78, 5) is 0. The third kappa shape index (κ3) is 2.30. The van der Waals surface area contributed by atoms with Crippen LogP contribution in [0.25, 0.3) is 5.70 Å². The summed E-state index contributed by atoms with van der Waals surface area (Å²) in [5.74, 6) is 1.39. The van der Waals surface area contributed by atoms with E-state index in [2.05, 4.69) is 11.4 Å². The van der Waals surface area contributed by atoms with E-state index in [1.54, 1.807) is 14.2 Å². The van der Waals surface area contributed by atoms with Gasteiger partial charge >= 0.3 is 0 Å². The molecule has 1 aromatic carbocycles. The van der Waals surface area contributed by atoms with Crippen LogP contribution in [0.3, 0.4) is 0 Å². The van der Waals surface area contributed by atoms with E-state index < -0.39 is 0 Å². The lowest BCUT2D eigenvalue weighted by Gasteiger charge is -2.16. The first-order chi connectivity index (χ1) is 8.78. The molecule has 0 radical (unpaired) electrons. The summed E-state index contributed by atoms with van der Waals surface area (Å²) in [6.07, 6.45) is 3.71. The van der Waals surface area contributed by atoms with Gasteiger partial charge in [0.1, 0.15) is 0 Å². The molecule has 18 heavy (non-hydrogen) atoms. The molecule has 0 atom stereocenters.